The maximum Gasteiger partial charge on any atom is 0.516 e. The summed E-state index contributed by atoms with van der Waals surface area (Å²) in [5.74, 6) is -0.964. The number of esters is 3. The van der Waals surface area contributed by atoms with Gasteiger partial charge < -0.3 is 23.7 Å². The third kappa shape index (κ3) is 7.70. The van der Waals surface area contributed by atoms with Crippen molar-refractivity contribution in [2.75, 3.05) is 6.79 Å². The molecule has 1 saturated carbocycles. The summed E-state index contributed by atoms with van der Waals surface area (Å²) in [7, 11) is 0. The smallest absolute Gasteiger partial charge is 0.426 e. The van der Waals surface area contributed by atoms with Gasteiger partial charge in [-0.3, -0.25) is 9.59 Å². The van der Waals surface area contributed by atoms with E-state index in [1.54, 1.807) is 37.3 Å². The standard InChI is InChI=1S/C26H26O9/c1-3-23(27)31-16-32-26(30)35-22-14-13-21(15-17(22)2)34-25(29)19-11-9-18(10-12-19)24(28)33-20-7-5-4-6-8-20/h3-8,13-15,18-19H,1,9-12,16H2,2H3/t18-,19-. The van der Waals surface area contributed by atoms with E-state index in [0.717, 1.165) is 6.08 Å². The molecular formula is C26H26O9. The molecule has 0 bridgehead atoms. The first kappa shape index (κ1) is 25.5. The molecule has 184 valence electrons. The predicted octanol–water partition coefficient (Wildman–Crippen LogP) is 4.51. The van der Waals surface area contributed by atoms with Gasteiger partial charge >= 0.3 is 24.1 Å². The normalized spacial score (nSPS) is 16.9. The van der Waals surface area contributed by atoms with Gasteiger partial charge in [-0.1, -0.05) is 24.8 Å². The van der Waals surface area contributed by atoms with Crippen LogP contribution in [0.15, 0.2) is 61.2 Å². The quantitative estimate of drug-likeness (QED) is 0.176. The van der Waals surface area contributed by atoms with Gasteiger partial charge in [0.15, 0.2) is 0 Å². The first-order valence-corrected chi connectivity index (χ1v) is 11.1. The van der Waals surface area contributed by atoms with Gasteiger partial charge in [0.1, 0.15) is 17.2 Å². The summed E-state index contributed by atoms with van der Waals surface area (Å²) in [5, 5.41) is 0. The second-order valence-electron chi connectivity index (χ2n) is 7.91. The molecule has 9 heteroatoms. The molecule has 1 fully saturated rings. The topological polar surface area (TPSA) is 114 Å². The lowest BCUT2D eigenvalue weighted by molar-refractivity contribution is -0.146. The number of carbonyl (C=O) groups excluding carboxylic acids is 4. The van der Waals surface area contributed by atoms with Crippen molar-refractivity contribution in [1.82, 2.24) is 0 Å². The SMILES string of the molecule is C=CC(=O)OCOC(=O)Oc1ccc(OC(=O)[C@H]2CC[C@H](C(=O)Oc3ccccc3)CC2)cc1C. The van der Waals surface area contributed by atoms with E-state index in [9.17, 15) is 19.2 Å². The maximum atomic E-state index is 12.6. The van der Waals surface area contributed by atoms with Crippen LogP contribution in [0.5, 0.6) is 17.2 Å². The lowest BCUT2D eigenvalue weighted by Crippen LogP contribution is -2.30. The van der Waals surface area contributed by atoms with Crippen LogP contribution in [0, 0.1) is 18.8 Å². The molecule has 0 unspecified atom stereocenters. The minimum Gasteiger partial charge on any atom is -0.426 e. The molecule has 0 amide bonds. The molecule has 1 aliphatic carbocycles. The zero-order valence-corrected chi connectivity index (χ0v) is 19.3. The lowest BCUT2D eigenvalue weighted by Gasteiger charge is -2.25. The van der Waals surface area contributed by atoms with E-state index in [0.29, 0.717) is 42.7 Å². The van der Waals surface area contributed by atoms with Gasteiger partial charge in [-0.2, -0.15) is 0 Å². The van der Waals surface area contributed by atoms with Crippen LogP contribution in [-0.4, -0.2) is 30.9 Å². The van der Waals surface area contributed by atoms with E-state index in [1.165, 1.54) is 12.1 Å². The number of hydrogen-bond donors (Lipinski definition) is 0. The van der Waals surface area contributed by atoms with Crippen molar-refractivity contribution in [3.8, 4) is 17.2 Å². The Labute approximate surface area is 202 Å². The fraction of sp³-hybridized carbons (Fsp3) is 0.308. The fourth-order valence-electron chi connectivity index (χ4n) is 3.57. The molecule has 9 nitrogen and oxygen atoms in total. The van der Waals surface area contributed by atoms with Crippen molar-refractivity contribution in [2.45, 2.75) is 32.6 Å². The Balaban J connectivity index is 1.45. The summed E-state index contributed by atoms with van der Waals surface area (Å²) in [6.07, 6.45) is 2.01. The molecule has 35 heavy (non-hydrogen) atoms. The Hall–Kier alpha value is -4.14. The monoisotopic (exact) mass is 482 g/mol. The van der Waals surface area contributed by atoms with Crippen molar-refractivity contribution in [3.63, 3.8) is 0 Å². The number of hydrogen-bond acceptors (Lipinski definition) is 9. The average molecular weight is 482 g/mol. The van der Waals surface area contributed by atoms with Crippen LogP contribution >= 0.6 is 0 Å². The van der Waals surface area contributed by atoms with Crippen molar-refractivity contribution in [1.29, 1.82) is 0 Å². The summed E-state index contributed by atoms with van der Waals surface area (Å²) in [4.78, 5) is 47.6. The average Bonchev–Trinajstić information content (AvgIpc) is 2.86. The minimum absolute atomic E-state index is 0.197. The largest absolute Gasteiger partial charge is 0.516 e. The number of rotatable bonds is 8. The summed E-state index contributed by atoms with van der Waals surface area (Å²) in [6.45, 7) is 4.28. The van der Waals surface area contributed by atoms with Gasteiger partial charge in [0.25, 0.3) is 0 Å². The summed E-state index contributed by atoms with van der Waals surface area (Å²) in [5.41, 5.74) is 0.530. The molecule has 0 saturated heterocycles. The molecule has 2 aromatic rings. The van der Waals surface area contributed by atoms with E-state index < -0.39 is 18.9 Å². The summed E-state index contributed by atoms with van der Waals surface area (Å²) < 4.78 is 25.1. The third-order valence-corrected chi connectivity index (χ3v) is 5.46. The van der Waals surface area contributed by atoms with Gasteiger partial charge in [-0.15, -0.1) is 0 Å². The molecule has 0 aromatic heterocycles. The zero-order valence-electron chi connectivity index (χ0n) is 19.3. The van der Waals surface area contributed by atoms with Gasteiger partial charge in [0.2, 0.25) is 6.79 Å². The number of carbonyl (C=O) groups is 4. The Bertz CT molecular complexity index is 1070. The molecule has 0 spiro atoms. The highest BCUT2D eigenvalue weighted by Crippen LogP contribution is 2.32. The lowest BCUT2D eigenvalue weighted by atomic mass is 9.82. The predicted molar refractivity (Wildman–Crippen MR) is 123 cm³/mol. The third-order valence-electron chi connectivity index (χ3n) is 5.46. The molecular weight excluding hydrogens is 456 g/mol. The van der Waals surface area contributed by atoms with Crippen molar-refractivity contribution < 1.29 is 42.9 Å². The number of benzene rings is 2. The van der Waals surface area contributed by atoms with Gasteiger partial charge in [-0.05, 0) is 68.5 Å². The fourth-order valence-corrected chi connectivity index (χ4v) is 3.57. The number of para-hydroxylation sites is 1. The van der Waals surface area contributed by atoms with E-state index in [-0.39, 0.29) is 29.5 Å². The van der Waals surface area contributed by atoms with Crippen LogP contribution in [0.4, 0.5) is 4.79 Å². The highest BCUT2D eigenvalue weighted by Gasteiger charge is 2.32. The number of aryl methyl sites for hydroxylation is 1. The van der Waals surface area contributed by atoms with Crippen LogP contribution < -0.4 is 14.2 Å². The highest BCUT2D eigenvalue weighted by molar-refractivity contribution is 5.81. The molecule has 0 atom stereocenters. The van der Waals surface area contributed by atoms with Crippen LogP contribution in [0.3, 0.4) is 0 Å². The van der Waals surface area contributed by atoms with E-state index in [4.69, 9.17) is 14.2 Å². The van der Waals surface area contributed by atoms with Gasteiger partial charge in [0, 0.05) is 6.08 Å². The zero-order chi connectivity index (χ0) is 25.2. The first-order valence-electron chi connectivity index (χ1n) is 11.1. The number of ether oxygens (including phenoxy) is 5. The Morgan fingerprint density at radius 3 is 2.00 bits per heavy atom. The van der Waals surface area contributed by atoms with Gasteiger partial charge in [-0.25, -0.2) is 9.59 Å². The van der Waals surface area contributed by atoms with E-state index in [2.05, 4.69) is 16.1 Å². The molecule has 3 rings (SSSR count). The maximum absolute atomic E-state index is 12.6. The Morgan fingerprint density at radius 2 is 1.43 bits per heavy atom. The van der Waals surface area contributed by atoms with Crippen LogP contribution in [0.25, 0.3) is 0 Å². The minimum atomic E-state index is -1.06. The highest BCUT2D eigenvalue weighted by atomic mass is 16.8. The van der Waals surface area contributed by atoms with E-state index >= 15 is 0 Å². The van der Waals surface area contributed by atoms with Crippen LogP contribution in [0.2, 0.25) is 0 Å². The molecule has 0 aliphatic heterocycles. The Morgan fingerprint density at radius 1 is 0.829 bits per heavy atom. The Kier molecular flexibility index (Phi) is 9.00. The molecule has 0 radical (unpaired) electrons. The van der Waals surface area contributed by atoms with Crippen LogP contribution in [-0.2, 0) is 23.9 Å². The van der Waals surface area contributed by atoms with Crippen molar-refractivity contribution in [3.05, 3.63) is 66.7 Å². The first-order chi connectivity index (χ1) is 16.9. The summed E-state index contributed by atoms with van der Waals surface area (Å²) in [6, 6.07) is 13.4. The molecule has 1 aliphatic rings. The molecule has 2 aromatic carbocycles. The summed E-state index contributed by atoms with van der Waals surface area (Å²) >= 11 is 0. The molecule has 0 heterocycles. The second-order valence-corrected chi connectivity index (χ2v) is 7.91. The second kappa shape index (κ2) is 12.4. The van der Waals surface area contributed by atoms with Gasteiger partial charge in [0.05, 0.1) is 11.8 Å². The van der Waals surface area contributed by atoms with E-state index in [1.807, 2.05) is 6.07 Å². The van der Waals surface area contributed by atoms with Crippen LogP contribution in [0.1, 0.15) is 31.2 Å². The van der Waals surface area contributed by atoms with Crippen molar-refractivity contribution >= 4 is 24.1 Å². The van der Waals surface area contributed by atoms with Crippen molar-refractivity contribution in [2.24, 2.45) is 11.8 Å². The molecule has 0 N–H and O–H groups in total.